The zero-order valence-corrected chi connectivity index (χ0v) is 13.0. The second-order valence-electron chi connectivity index (χ2n) is 5.99. The largest absolute Gasteiger partial charge is 0.440 e. The summed E-state index contributed by atoms with van der Waals surface area (Å²) in [5.41, 5.74) is 1.86. The molecule has 4 rings (SSSR count). The maximum atomic E-state index is 13.1. The molecule has 0 bridgehead atoms. The number of hydrogen-bond donors (Lipinski definition) is 2. The van der Waals surface area contributed by atoms with E-state index in [1.54, 1.807) is 18.2 Å². The predicted octanol–water partition coefficient (Wildman–Crippen LogP) is 3.06. The van der Waals surface area contributed by atoms with Crippen molar-refractivity contribution in [1.82, 2.24) is 10.3 Å². The monoisotopic (exact) mass is 343 g/mol. The average molecular weight is 344 g/mol. The van der Waals surface area contributed by atoms with Crippen molar-refractivity contribution in [3.8, 4) is 0 Å². The number of rotatable bonds is 3. The van der Waals surface area contributed by atoms with E-state index in [1.165, 1.54) is 0 Å². The molecule has 1 aromatic carbocycles. The standard InChI is InChI=1S/C15H15F2N3O2.ClH/c16-15(17)6-11(18-7-15)13(21)19-9-3-4-10-12(5-9)22-14(20-10)8-1-2-8;/h3-5,8,11,18H,1-2,6-7H2,(H,19,21);1H. The van der Waals surface area contributed by atoms with Crippen LogP contribution in [0.1, 0.15) is 31.1 Å². The van der Waals surface area contributed by atoms with Crippen molar-refractivity contribution in [2.24, 2.45) is 0 Å². The Balaban J connectivity index is 0.00000156. The molecule has 1 saturated carbocycles. The lowest BCUT2D eigenvalue weighted by atomic mass is 10.2. The van der Waals surface area contributed by atoms with Crippen molar-refractivity contribution < 1.29 is 18.0 Å². The number of oxazole rings is 1. The summed E-state index contributed by atoms with van der Waals surface area (Å²) in [7, 11) is 0. The van der Waals surface area contributed by atoms with Crippen molar-refractivity contribution >= 4 is 35.1 Å². The normalized spacial score (nSPS) is 22.8. The summed E-state index contributed by atoms with van der Waals surface area (Å²) >= 11 is 0. The Hall–Kier alpha value is -1.73. The molecule has 2 aliphatic rings. The van der Waals surface area contributed by atoms with Crippen LogP contribution in [0.15, 0.2) is 22.6 Å². The first-order valence-corrected chi connectivity index (χ1v) is 7.33. The van der Waals surface area contributed by atoms with E-state index in [0.717, 1.165) is 24.2 Å². The van der Waals surface area contributed by atoms with Crippen molar-refractivity contribution in [2.45, 2.75) is 37.1 Å². The quantitative estimate of drug-likeness (QED) is 0.898. The smallest absolute Gasteiger partial charge is 0.262 e. The van der Waals surface area contributed by atoms with E-state index in [-0.39, 0.29) is 12.4 Å². The van der Waals surface area contributed by atoms with Gasteiger partial charge in [0.1, 0.15) is 5.52 Å². The minimum atomic E-state index is -2.82. The zero-order chi connectivity index (χ0) is 15.3. The fourth-order valence-corrected chi connectivity index (χ4v) is 2.66. The van der Waals surface area contributed by atoms with E-state index in [2.05, 4.69) is 15.6 Å². The first-order chi connectivity index (χ1) is 10.5. The topological polar surface area (TPSA) is 67.2 Å². The van der Waals surface area contributed by atoms with E-state index >= 15 is 0 Å². The van der Waals surface area contributed by atoms with E-state index in [9.17, 15) is 13.6 Å². The Bertz CT molecular complexity index is 745. The Morgan fingerprint density at radius 1 is 1.39 bits per heavy atom. The Morgan fingerprint density at radius 2 is 2.17 bits per heavy atom. The van der Waals surface area contributed by atoms with Crippen LogP contribution in [0.25, 0.3) is 11.1 Å². The lowest BCUT2D eigenvalue weighted by Crippen LogP contribution is -2.35. The van der Waals surface area contributed by atoms with Crippen molar-refractivity contribution in [1.29, 1.82) is 0 Å². The summed E-state index contributed by atoms with van der Waals surface area (Å²) in [6.07, 6.45) is 1.71. The minimum absolute atomic E-state index is 0. The number of carbonyl (C=O) groups excluding carboxylic acids is 1. The summed E-state index contributed by atoms with van der Waals surface area (Å²) in [6.45, 7) is -0.461. The SMILES string of the molecule is Cl.O=C(Nc1ccc2nc(C3CC3)oc2c1)C1CC(F)(F)CN1. The molecule has 1 aliphatic heterocycles. The highest BCUT2D eigenvalue weighted by Gasteiger charge is 2.42. The number of halogens is 3. The van der Waals surface area contributed by atoms with Crippen LogP contribution in [0.3, 0.4) is 0 Å². The number of benzene rings is 1. The van der Waals surface area contributed by atoms with Crippen molar-refractivity contribution in [3.63, 3.8) is 0 Å². The van der Waals surface area contributed by atoms with Crippen molar-refractivity contribution in [2.75, 3.05) is 11.9 Å². The first kappa shape index (κ1) is 16.1. The fraction of sp³-hybridized carbons (Fsp3) is 0.467. The van der Waals surface area contributed by atoms with Gasteiger partial charge in [0, 0.05) is 24.1 Å². The Kier molecular flexibility index (Phi) is 4.01. The number of anilines is 1. The molecule has 8 heteroatoms. The highest BCUT2D eigenvalue weighted by Crippen LogP contribution is 2.40. The number of alkyl halides is 2. The molecule has 1 amide bonds. The molecule has 2 heterocycles. The molecule has 1 unspecified atom stereocenters. The number of fused-ring (bicyclic) bond motifs is 1. The molecular weight excluding hydrogens is 328 g/mol. The van der Waals surface area contributed by atoms with E-state index in [1.807, 2.05) is 0 Å². The highest BCUT2D eigenvalue weighted by atomic mass is 35.5. The molecule has 1 aliphatic carbocycles. The van der Waals surface area contributed by atoms with E-state index < -0.39 is 30.8 Å². The molecular formula is C15H16ClF2N3O2. The summed E-state index contributed by atoms with van der Waals surface area (Å²) < 4.78 is 31.9. The molecule has 2 aromatic rings. The summed E-state index contributed by atoms with van der Waals surface area (Å²) in [5, 5.41) is 5.18. The van der Waals surface area contributed by atoms with Crippen molar-refractivity contribution in [3.05, 3.63) is 24.1 Å². The second kappa shape index (κ2) is 5.72. The van der Waals surface area contributed by atoms with E-state index in [4.69, 9.17) is 4.42 Å². The van der Waals surface area contributed by atoms with Crippen LogP contribution >= 0.6 is 12.4 Å². The minimum Gasteiger partial charge on any atom is -0.440 e. The predicted molar refractivity (Wildman–Crippen MR) is 83.2 cm³/mol. The molecule has 23 heavy (non-hydrogen) atoms. The number of carbonyl (C=O) groups is 1. The number of aromatic nitrogens is 1. The van der Waals surface area contributed by atoms with Gasteiger partial charge >= 0.3 is 0 Å². The fourth-order valence-electron chi connectivity index (χ4n) is 2.66. The van der Waals surface area contributed by atoms with Crippen LogP contribution in [0.4, 0.5) is 14.5 Å². The lowest BCUT2D eigenvalue weighted by molar-refractivity contribution is -0.118. The van der Waals surface area contributed by atoms with Gasteiger partial charge < -0.3 is 9.73 Å². The maximum Gasteiger partial charge on any atom is 0.262 e. The van der Waals surface area contributed by atoms with Gasteiger partial charge in [0.2, 0.25) is 5.91 Å². The molecule has 124 valence electrons. The molecule has 1 atom stereocenters. The number of hydrogen-bond acceptors (Lipinski definition) is 4. The van der Waals surface area contributed by atoms with Crippen LogP contribution < -0.4 is 10.6 Å². The molecule has 1 saturated heterocycles. The van der Waals surface area contributed by atoms with Crippen LogP contribution in [0.2, 0.25) is 0 Å². The first-order valence-electron chi connectivity index (χ1n) is 7.33. The van der Waals surface area contributed by atoms with E-state index in [0.29, 0.717) is 17.2 Å². The average Bonchev–Trinajstić information content (AvgIpc) is 3.13. The van der Waals surface area contributed by atoms with Gasteiger partial charge in [-0.05, 0) is 25.0 Å². The summed E-state index contributed by atoms with van der Waals surface area (Å²) in [5.74, 6) is -2.14. The van der Waals surface area contributed by atoms with Gasteiger partial charge in [-0.25, -0.2) is 13.8 Å². The zero-order valence-electron chi connectivity index (χ0n) is 12.1. The molecule has 5 nitrogen and oxygen atoms in total. The maximum absolute atomic E-state index is 13.1. The summed E-state index contributed by atoms with van der Waals surface area (Å²) in [6, 6.07) is 4.27. The van der Waals surface area contributed by atoms with Gasteiger partial charge in [-0.15, -0.1) is 12.4 Å². The molecule has 0 spiro atoms. The van der Waals surface area contributed by atoms with Gasteiger partial charge in [0.15, 0.2) is 11.5 Å². The Morgan fingerprint density at radius 3 is 2.83 bits per heavy atom. The highest BCUT2D eigenvalue weighted by molar-refractivity contribution is 5.96. The van der Waals surface area contributed by atoms with Gasteiger partial charge in [-0.2, -0.15) is 0 Å². The number of nitrogens with one attached hydrogen (secondary N) is 2. The third-order valence-corrected chi connectivity index (χ3v) is 4.03. The Labute approximate surface area is 137 Å². The van der Waals surface area contributed by atoms with Crippen LogP contribution in [-0.2, 0) is 4.79 Å². The number of amides is 1. The third-order valence-electron chi connectivity index (χ3n) is 4.03. The third kappa shape index (κ3) is 3.30. The van der Waals surface area contributed by atoms with Gasteiger partial charge in [0.05, 0.1) is 12.6 Å². The van der Waals surface area contributed by atoms with Crippen LogP contribution in [0, 0.1) is 0 Å². The lowest BCUT2D eigenvalue weighted by Gasteiger charge is -2.11. The second-order valence-corrected chi connectivity index (χ2v) is 5.99. The van der Waals surface area contributed by atoms with Gasteiger partial charge in [-0.1, -0.05) is 0 Å². The molecule has 1 aromatic heterocycles. The van der Waals surface area contributed by atoms with Gasteiger partial charge in [0.25, 0.3) is 5.92 Å². The molecule has 2 fully saturated rings. The van der Waals surface area contributed by atoms with Gasteiger partial charge in [-0.3, -0.25) is 10.1 Å². The molecule has 0 radical (unpaired) electrons. The number of nitrogens with zero attached hydrogens (tertiary/aromatic N) is 1. The van der Waals surface area contributed by atoms with Crippen LogP contribution in [-0.4, -0.2) is 29.4 Å². The molecule has 2 N–H and O–H groups in total. The summed E-state index contributed by atoms with van der Waals surface area (Å²) in [4.78, 5) is 16.4. The van der Waals surface area contributed by atoms with Crippen LogP contribution in [0.5, 0.6) is 0 Å².